The van der Waals surface area contributed by atoms with Gasteiger partial charge in [-0.15, -0.1) is 0 Å². The molecule has 0 spiro atoms. The van der Waals surface area contributed by atoms with Crippen LogP contribution in [0, 0.1) is 0 Å². The second kappa shape index (κ2) is 12.0. The van der Waals surface area contributed by atoms with Crippen LogP contribution < -0.4 is 20.1 Å². The summed E-state index contributed by atoms with van der Waals surface area (Å²) in [6.45, 7) is -4.15. The van der Waals surface area contributed by atoms with Crippen LogP contribution in [0.3, 0.4) is 0 Å². The molecule has 3 aromatic carbocycles. The quantitative estimate of drug-likeness (QED) is 0.435. The van der Waals surface area contributed by atoms with Crippen LogP contribution in [0.2, 0.25) is 0 Å². The lowest BCUT2D eigenvalue weighted by Gasteiger charge is -2.12. The average Bonchev–Trinajstić information content (AvgIpc) is 2.83. The third-order valence-corrected chi connectivity index (χ3v) is 4.21. The number of nitrogens with one attached hydrogen (secondary N) is 2. The number of amides is 2. The number of ether oxygens (including phenoxy) is 3. The standard InChI is InChI=1S/C24H20F2N2O6/c25-24(26)34-18-10-6-7-16(13-18)23(31)27-14-22(30)32-15-21(29)28-19-11-4-5-12-20(19)33-17-8-2-1-3-9-17/h1-13,24H,14-15H2,(H,27,31)(H,28,29). The van der Waals surface area contributed by atoms with Crippen LogP contribution in [0.1, 0.15) is 10.4 Å². The van der Waals surface area contributed by atoms with Crippen molar-refractivity contribution in [3.8, 4) is 17.2 Å². The Labute approximate surface area is 193 Å². The van der Waals surface area contributed by atoms with Crippen molar-refractivity contribution < 1.29 is 37.4 Å². The lowest BCUT2D eigenvalue weighted by atomic mass is 10.2. The van der Waals surface area contributed by atoms with E-state index in [1.54, 1.807) is 36.4 Å². The number of benzene rings is 3. The third kappa shape index (κ3) is 7.59. The van der Waals surface area contributed by atoms with Crippen molar-refractivity contribution in [1.82, 2.24) is 5.32 Å². The molecule has 0 fully saturated rings. The van der Waals surface area contributed by atoms with Crippen molar-refractivity contribution in [2.45, 2.75) is 6.61 Å². The lowest BCUT2D eigenvalue weighted by molar-refractivity contribution is -0.146. The fourth-order valence-electron chi connectivity index (χ4n) is 2.73. The van der Waals surface area contributed by atoms with Crippen LogP contribution in [0.25, 0.3) is 0 Å². The fourth-order valence-corrected chi connectivity index (χ4v) is 2.73. The van der Waals surface area contributed by atoms with Crippen molar-refractivity contribution in [1.29, 1.82) is 0 Å². The molecule has 0 saturated carbocycles. The monoisotopic (exact) mass is 470 g/mol. The van der Waals surface area contributed by atoms with Crippen LogP contribution in [0.15, 0.2) is 78.9 Å². The first-order valence-electron chi connectivity index (χ1n) is 10.0. The van der Waals surface area contributed by atoms with Crippen molar-refractivity contribution >= 4 is 23.5 Å². The smallest absolute Gasteiger partial charge is 0.387 e. The molecule has 2 amide bonds. The highest BCUT2D eigenvalue weighted by Crippen LogP contribution is 2.29. The molecule has 3 rings (SSSR count). The molecule has 0 saturated heterocycles. The predicted molar refractivity (Wildman–Crippen MR) is 118 cm³/mol. The van der Waals surface area contributed by atoms with Crippen LogP contribution >= 0.6 is 0 Å². The van der Waals surface area contributed by atoms with E-state index in [9.17, 15) is 23.2 Å². The molecule has 0 aliphatic heterocycles. The second-order valence-corrected chi connectivity index (χ2v) is 6.71. The molecule has 0 heterocycles. The van der Waals surface area contributed by atoms with Gasteiger partial charge in [0.1, 0.15) is 18.0 Å². The van der Waals surface area contributed by atoms with Gasteiger partial charge in [0.2, 0.25) is 0 Å². The van der Waals surface area contributed by atoms with Gasteiger partial charge in [0.25, 0.3) is 11.8 Å². The zero-order valence-electron chi connectivity index (χ0n) is 17.7. The number of hydrogen-bond acceptors (Lipinski definition) is 6. The van der Waals surface area contributed by atoms with Gasteiger partial charge in [0, 0.05) is 5.56 Å². The van der Waals surface area contributed by atoms with Crippen LogP contribution in [-0.4, -0.2) is 37.5 Å². The van der Waals surface area contributed by atoms with Gasteiger partial charge in [0.15, 0.2) is 12.4 Å². The summed E-state index contributed by atoms with van der Waals surface area (Å²) in [5.41, 5.74) is 0.394. The molecule has 10 heteroatoms. The maximum Gasteiger partial charge on any atom is 0.387 e. The Balaban J connectivity index is 1.46. The molecule has 8 nitrogen and oxygen atoms in total. The van der Waals surface area contributed by atoms with E-state index in [0.29, 0.717) is 17.2 Å². The Morgan fingerprint density at radius 1 is 0.853 bits per heavy atom. The topological polar surface area (TPSA) is 103 Å². The van der Waals surface area contributed by atoms with E-state index < -0.39 is 37.5 Å². The van der Waals surface area contributed by atoms with E-state index in [0.717, 1.165) is 6.07 Å². The van der Waals surface area contributed by atoms with Crippen LogP contribution in [0.5, 0.6) is 17.2 Å². The average molecular weight is 470 g/mol. The van der Waals surface area contributed by atoms with Gasteiger partial charge in [-0.25, -0.2) is 0 Å². The third-order valence-electron chi connectivity index (χ3n) is 4.21. The molecule has 176 valence electrons. The lowest BCUT2D eigenvalue weighted by Crippen LogP contribution is -2.32. The summed E-state index contributed by atoms with van der Waals surface area (Å²) in [6, 6.07) is 20.8. The molecule has 2 N–H and O–H groups in total. The molecule has 0 aromatic heterocycles. The SMILES string of the molecule is O=C(COC(=O)CNC(=O)c1cccc(OC(F)F)c1)Nc1ccccc1Oc1ccccc1. The van der Waals surface area contributed by atoms with Gasteiger partial charge >= 0.3 is 12.6 Å². The van der Waals surface area contributed by atoms with E-state index in [2.05, 4.69) is 15.4 Å². The Morgan fingerprint density at radius 3 is 2.32 bits per heavy atom. The fraction of sp³-hybridized carbons (Fsp3) is 0.125. The number of para-hydroxylation sites is 3. The van der Waals surface area contributed by atoms with E-state index in [-0.39, 0.29) is 11.3 Å². The number of anilines is 1. The molecular formula is C24H20F2N2O6. The summed E-state index contributed by atoms with van der Waals surface area (Å²) in [7, 11) is 0. The minimum atomic E-state index is -3.03. The van der Waals surface area contributed by atoms with Gasteiger partial charge in [-0.1, -0.05) is 36.4 Å². The van der Waals surface area contributed by atoms with Crippen LogP contribution in [-0.2, 0) is 14.3 Å². The van der Waals surface area contributed by atoms with Crippen molar-refractivity contribution in [2.75, 3.05) is 18.5 Å². The minimum Gasteiger partial charge on any atom is -0.455 e. The number of carbonyl (C=O) groups excluding carboxylic acids is 3. The van der Waals surface area contributed by atoms with Crippen LogP contribution in [0.4, 0.5) is 14.5 Å². The van der Waals surface area contributed by atoms with Crippen molar-refractivity contribution in [3.05, 3.63) is 84.4 Å². The highest BCUT2D eigenvalue weighted by molar-refractivity contribution is 5.97. The molecule has 0 unspecified atom stereocenters. The van der Waals surface area contributed by atoms with E-state index in [1.165, 1.54) is 18.2 Å². The highest BCUT2D eigenvalue weighted by atomic mass is 19.3. The summed E-state index contributed by atoms with van der Waals surface area (Å²) in [4.78, 5) is 36.2. The number of rotatable bonds is 10. The largest absolute Gasteiger partial charge is 0.455 e. The van der Waals surface area contributed by atoms with Gasteiger partial charge in [0.05, 0.1) is 5.69 Å². The second-order valence-electron chi connectivity index (χ2n) is 6.71. The van der Waals surface area contributed by atoms with Gasteiger partial charge in [-0.05, 0) is 42.5 Å². The minimum absolute atomic E-state index is 0.0127. The zero-order valence-corrected chi connectivity index (χ0v) is 17.7. The molecular weight excluding hydrogens is 450 g/mol. The summed E-state index contributed by atoms with van der Waals surface area (Å²) in [5.74, 6) is -1.39. The number of halogens is 2. The predicted octanol–water partition coefficient (Wildman–Crippen LogP) is 3.99. The van der Waals surface area contributed by atoms with Gasteiger partial charge < -0.3 is 24.8 Å². The number of alkyl halides is 2. The zero-order chi connectivity index (χ0) is 24.3. The summed E-state index contributed by atoms with van der Waals surface area (Å²) >= 11 is 0. The van der Waals surface area contributed by atoms with E-state index in [4.69, 9.17) is 9.47 Å². The summed E-state index contributed by atoms with van der Waals surface area (Å²) in [6.07, 6.45) is 0. The molecule has 0 radical (unpaired) electrons. The van der Waals surface area contributed by atoms with Gasteiger partial charge in [-0.2, -0.15) is 8.78 Å². The first-order chi connectivity index (χ1) is 16.4. The van der Waals surface area contributed by atoms with Crippen molar-refractivity contribution in [2.24, 2.45) is 0 Å². The normalized spacial score (nSPS) is 10.3. The van der Waals surface area contributed by atoms with E-state index in [1.807, 2.05) is 18.2 Å². The summed E-state index contributed by atoms with van der Waals surface area (Å²) in [5, 5.41) is 4.88. The Morgan fingerprint density at radius 2 is 1.56 bits per heavy atom. The Kier molecular flexibility index (Phi) is 8.50. The highest BCUT2D eigenvalue weighted by Gasteiger charge is 2.14. The molecule has 3 aromatic rings. The molecule has 0 atom stereocenters. The molecule has 34 heavy (non-hydrogen) atoms. The first-order valence-corrected chi connectivity index (χ1v) is 10.0. The number of esters is 1. The van der Waals surface area contributed by atoms with E-state index >= 15 is 0 Å². The first kappa shape index (κ1) is 24.2. The Hall–Kier alpha value is -4.47. The number of carbonyl (C=O) groups is 3. The summed E-state index contributed by atoms with van der Waals surface area (Å²) < 4.78 is 39.4. The molecule has 0 bridgehead atoms. The molecule has 0 aliphatic rings. The van der Waals surface area contributed by atoms with Crippen molar-refractivity contribution in [3.63, 3.8) is 0 Å². The Bertz CT molecular complexity index is 1140. The molecule has 0 aliphatic carbocycles. The maximum atomic E-state index is 12.3. The van der Waals surface area contributed by atoms with Gasteiger partial charge in [-0.3, -0.25) is 14.4 Å². The maximum absolute atomic E-state index is 12.3. The number of hydrogen-bond donors (Lipinski definition) is 2.